The molecule has 1 fully saturated rings. The quantitative estimate of drug-likeness (QED) is 0.748. The van der Waals surface area contributed by atoms with Crippen LogP contribution in [0.2, 0.25) is 5.02 Å². The van der Waals surface area contributed by atoms with Gasteiger partial charge >= 0.3 is 5.97 Å². The molecule has 1 aliphatic rings. The van der Waals surface area contributed by atoms with Crippen molar-refractivity contribution in [3.05, 3.63) is 53.1 Å². The van der Waals surface area contributed by atoms with Crippen LogP contribution in [0.25, 0.3) is 16.7 Å². The Bertz CT molecular complexity index is 960. The summed E-state index contributed by atoms with van der Waals surface area (Å²) in [6, 6.07) is 14.0. The van der Waals surface area contributed by atoms with Gasteiger partial charge in [-0.25, -0.2) is 4.98 Å². The molecule has 1 aromatic heterocycles. The minimum Gasteiger partial charge on any atom is -0.481 e. The highest BCUT2D eigenvalue weighted by Crippen LogP contribution is 2.32. The van der Waals surface area contributed by atoms with E-state index in [1.165, 1.54) is 0 Å². The summed E-state index contributed by atoms with van der Waals surface area (Å²) >= 11 is 6.38. The molecule has 0 unspecified atom stereocenters. The summed E-state index contributed by atoms with van der Waals surface area (Å²) in [6.45, 7) is 3.33. The first-order valence-electron chi connectivity index (χ1n) is 8.76. The van der Waals surface area contributed by atoms with E-state index in [1.54, 1.807) is 0 Å². The van der Waals surface area contributed by atoms with Gasteiger partial charge in [0, 0.05) is 23.8 Å². The number of halogens is 1. The lowest BCUT2D eigenvalue weighted by atomic mass is 9.97. The van der Waals surface area contributed by atoms with Gasteiger partial charge in [0.1, 0.15) is 0 Å². The molecule has 3 aromatic rings. The predicted molar refractivity (Wildman–Crippen MR) is 103 cm³/mol. The van der Waals surface area contributed by atoms with E-state index in [0.29, 0.717) is 31.0 Å². The van der Waals surface area contributed by atoms with Gasteiger partial charge in [0.05, 0.1) is 17.0 Å². The number of carboxylic acid groups (broad SMARTS) is 1. The Morgan fingerprint density at radius 1 is 1.19 bits per heavy atom. The number of para-hydroxylation sites is 1. The van der Waals surface area contributed by atoms with E-state index in [9.17, 15) is 9.90 Å². The molecule has 0 amide bonds. The highest BCUT2D eigenvalue weighted by Gasteiger charge is 2.27. The predicted octanol–water partition coefficient (Wildman–Crippen LogP) is 4.29. The summed E-state index contributed by atoms with van der Waals surface area (Å²) in [4.78, 5) is 18.3. The van der Waals surface area contributed by atoms with Crippen molar-refractivity contribution < 1.29 is 9.90 Å². The Kier molecular flexibility index (Phi) is 4.32. The summed E-state index contributed by atoms with van der Waals surface area (Å²) in [5.74, 6) is -0.127. The highest BCUT2D eigenvalue weighted by molar-refractivity contribution is 6.32. The Morgan fingerprint density at radius 2 is 1.88 bits per heavy atom. The molecular weight excluding hydrogens is 350 g/mol. The number of carboxylic acids is 1. The number of fused-ring (bicyclic) bond motifs is 1. The second-order valence-corrected chi connectivity index (χ2v) is 7.18. The summed E-state index contributed by atoms with van der Waals surface area (Å²) in [5.41, 5.74) is 3.87. The number of anilines is 1. The number of aryl methyl sites for hydroxylation is 1. The topological polar surface area (TPSA) is 58.4 Å². The summed E-state index contributed by atoms with van der Waals surface area (Å²) in [5, 5.41) is 9.96. The number of benzene rings is 2. The van der Waals surface area contributed by atoms with Gasteiger partial charge in [-0.1, -0.05) is 29.8 Å². The van der Waals surface area contributed by atoms with Crippen LogP contribution in [0.5, 0.6) is 0 Å². The average Bonchev–Trinajstić information content (AvgIpc) is 3.01. The fraction of sp³-hybridized carbons (Fsp3) is 0.300. The van der Waals surface area contributed by atoms with E-state index in [0.717, 1.165) is 28.2 Å². The fourth-order valence-electron chi connectivity index (χ4n) is 3.56. The Labute approximate surface area is 156 Å². The first-order valence-corrected chi connectivity index (χ1v) is 9.14. The third-order valence-electron chi connectivity index (χ3n) is 5.06. The molecule has 0 atom stereocenters. The lowest BCUT2D eigenvalue weighted by Crippen LogP contribution is -2.37. The molecule has 2 heterocycles. The maximum Gasteiger partial charge on any atom is 0.306 e. The zero-order valence-corrected chi connectivity index (χ0v) is 15.3. The number of imidazole rings is 1. The molecule has 0 aliphatic carbocycles. The monoisotopic (exact) mass is 369 g/mol. The molecule has 0 bridgehead atoms. The van der Waals surface area contributed by atoms with E-state index in [1.807, 2.05) is 49.4 Å². The van der Waals surface area contributed by atoms with Gasteiger partial charge in [0.25, 0.3) is 0 Å². The maximum absolute atomic E-state index is 11.2. The van der Waals surface area contributed by atoms with Gasteiger partial charge in [0.15, 0.2) is 0 Å². The van der Waals surface area contributed by atoms with Gasteiger partial charge in [-0.2, -0.15) is 0 Å². The molecule has 2 aromatic carbocycles. The van der Waals surface area contributed by atoms with Crippen molar-refractivity contribution in [2.75, 3.05) is 18.0 Å². The van der Waals surface area contributed by atoms with Gasteiger partial charge in [-0.05, 0) is 49.6 Å². The van der Waals surface area contributed by atoms with Gasteiger partial charge in [0.2, 0.25) is 5.95 Å². The van der Waals surface area contributed by atoms with Crippen molar-refractivity contribution in [3.8, 4) is 5.69 Å². The molecule has 1 N–H and O–H groups in total. The lowest BCUT2D eigenvalue weighted by molar-refractivity contribution is -0.142. The van der Waals surface area contributed by atoms with E-state index in [2.05, 4.69) is 9.47 Å². The average molecular weight is 370 g/mol. The van der Waals surface area contributed by atoms with Crippen LogP contribution in [0.4, 0.5) is 5.95 Å². The van der Waals surface area contributed by atoms with Crippen LogP contribution >= 0.6 is 11.6 Å². The van der Waals surface area contributed by atoms with Crippen molar-refractivity contribution in [2.24, 2.45) is 5.92 Å². The Hall–Kier alpha value is -2.53. The number of carbonyl (C=O) groups is 1. The summed E-state index contributed by atoms with van der Waals surface area (Å²) in [6.07, 6.45) is 1.26. The molecule has 4 rings (SSSR count). The first kappa shape index (κ1) is 16.9. The van der Waals surface area contributed by atoms with Crippen LogP contribution in [0.3, 0.4) is 0 Å². The van der Waals surface area contributed by atoms with Crippen LogP contribution in [0.1, 0.15) is 18.4 Å². The van der Waals surface area contributed by atoms with Crippen LogP contribution < -0.4 is 4.90 Å². The molecule has 26 heavy (non-hydrogen) atoms. The van der Waals surface area contributed by atoms with Crippen LogP contribution in [-0.4, -0.2) is 33.7 Å². The highest BCUT2D eigenvalue weighted by atomic mass is 35.5. The third-order valence-corrected chi connectivity index (χ3v) is 5.47. The SMILES string of the molecule is Cc1cc2nc(N3CCC(C(=O)O)CC3)n(-c3ccccc3)c2cc1Cl. The zero-order valence-electron chi connectivity index (χ0n) is 14.5. The Balaban J connectivity index is 1.83. The summed E-state index contributed by atoms with van der Waals surface area (Å²) in [7, 11) is 0. The number of hydrogen-bond acceptors (Lipinski definition) is 3. The second kappa shape index (κ2) is 6.65. The third kappa shape index (κ3) is 2.92. The number of hydrogen-bond donors (Lipinski definition) is 1. The van der Waals surface area contributed by atoms with Gasteiger partial charge in [-0.15, -0.1) is 0 Å². The van der Waals surface area contributed by atoms with Crippen LogP contribution in [0, 0.1) is 12.8 Å². The lowest BCUT2D eigenvalue weighted by Gasteiger charge is -2.31. The maximum atomic E-state index is 11.2. The fourth-order valence-corrected chi connectivity index (χ4v) is 3.72. The molecule has 0 spiro atoms. The van der Waals surface area contributed by atoms with E-state index in [4.69, 9.17) is 16.6 Å². The molecule has 134 valence electrons. The number of rotatable bonds is 3. The second-order valence-electron chi connectivity index (χ2n) is 6.77. The van der Waals surface area contributed by atoms with E-state index >= 15 is 0 Å². The summed E-state index contributed by atoms with van der Waals surface area (Å²) < 4.78 is 2.11. The van der Waals surface area contributed by atoms with Gasteiger partial charge < -0.3 is 10.0 Å². The van der Waals surface area contributed by atoms with E-state index < -0.39 is 5.97 Å². The van der Waals surface area contributed by atoms with E-state index in [-0.39, 0.29) is 5.92 Å². The molecular formula is C20H20ClN3O2. The van der Waals surface area contributed by atoms with Crippen LogP contribution in [-0.2, 0) is 4.79 Å². The van der Waals surface area contributed by atoms with Crippen LogP contribution in [0.15, 0.2) is 42.5 Å². The van der Waals surface area contributed by atoms with Crippen molar-refractivity contribution >= 4 is 34.6 Å². The number of aromatic nitrogens is 2. The minimum absolute atomic E-state index is 0.266. The number of piperidine rings is 1. The van der Waals surface area contributed by atoms with Gasteiger partial charge in [-0.3, -0.25) is 9.36 Å². The largest absolute Gasteiger partial charge is 0.481 e. The first-order chi connectivity index (χ1) is 12.5. The molecule has 0 radical (unpaired) electrons. The molecule has 5 nitrogen and oxygen atoms in total. The molecule has 1 saturated heterocycles. The van der Waals surface area contributed by atoms with Crippen molar-refractivity contribution in [2.45, 2.75) is 19.8 Å². The van der Waals surface area contributed by atoms with Crippen molar-refractivity contribution in [1.82, 2.24) is 9.55 Å². The number of aliphatic carboxylic acids is 1. The minimum atomic E-state index is -0.705. The van der Waals surface area contributed by atoms with Crippen molar-refractivity contribution in [3.63, 3.8) is 0 Å². The normalized spacial score (nSPS) is 15.5. The van der Waals surface area contributed by atoms with Crippen molar-refractivity contribution in [1.29, 1.82) is 0 Å². The smallest absolute Gasteiger partial charge is 0.306 e. The molecule has 6 heteroatoms. The molecule has 1 aliphatic heterocycles. The molecule has 0 saturated carbocycles. The Morgan fingerprint density at radius 3 is 2.54 bits per heavy atom. The number of nitrogens with zero attached hydrogens (tertiary/aromatic N) is 3. The zero-order chi connectivity index (χ0) is 18.3. The standard InChI is InChI=1S/C20H20ClN3O2/c1-13-11-17-18(12-16(13)21)24(15-5-3-2-4-6-15)20(22-17)23-9-7-14(8-10-23)19(25)26/h2-6,11-12,14H,7-10H2,1H3,(H,25,26).